The summed E-state index contributed by atoms with van der Waals surface area (Å²) in [6.45, 7) is 4.20. The molecule has 0 spiro atoms. The molecule has 3 rings (SSSR count). The minimum atomic E-state index is -0.162. The van der Waals surface area contributed by atoms with Gasteiger partial charge in [0.2, 0.25) is 0 Å². The second-order valence-electron chi connectivity index (χ2n) is 6.64. The number of nitrogens with zero attached hydrogens (tertiary/aromatic N) is 1. The zero-order valence-electron chi connectivity index (χ0n) is 13.8. The standard InChI is InChI=1S/C20H20N2O2/c1-20(2)12-16-10-14(13-21-24)8-9-17(16)18(22-20)11-19(23)15-6-4-3-5-7-15/h3-11,13,22,24H,12H2,1-2H3/b18-11-,21-13+. The van der Waals surface area contributed by atoms with Gasteiger partial charge in [-0.25, -0.2) is 0 Å². The maximum atomic E-state index is 12.5. The lowest BCUT2D eigenvalue weighted by Crippen LogP contribution is -2.43. The Hall–Kier alpha value is -2.88. The lowest BCUT2D eigenvalue weighted by atomic mass is 9.84. The Labute approximate surface area is 141 Å². The summed E-state index contributed by atoms with van der Waals surface area (Å²) < 4.78 is 0. The van der Waals surface area contributed by atoms with E-state index in [4.69, 9.17) is 5.21 Å². The first-order chi connectivity index (χ1) is 11.5. The zero-order valence-corrected chi connectivity index (χ0v) is 13.8. The summed E-state index contributed by atoms with van der Waals surface area (Å²) in [5.74, 6) is -0.0252. The predicted octanol–water partition coefficient (Wildman–Crippen LogP) is 3.64. The van der Waals surface area contributed by atoms with Gasteiger partial charge < -0.3 is 10.5 Å². The second-order valence-corrected chi connectivity index (χ2v) is 6.64. The molecule has 2 N–H and O–H groups in total. The summed E-state index contributed by atoms with van der Waals surface area (Å²) in [6, 6.07) is 15.1. The van der Waals surface area contributed by atoms with E-state index in [0.717, 1.165) is 28.8 Å². The highest BCUT2D eigenvalue weighted by molar-refractivity contribution is 6.08. The van der Waals surface area contributed by atoms with Crippen molar-refractivity contribution in [1.82, 2.24) is 5.32 Å². The maximum absolute atomic E-state index is 12.5. The molecule has 0 saturated carbocycles. The number of allylic oxidation sites excluding steroid dienone is 1. The fourth-order valence-electron chi connectivity index (χ4n) is 3.05. The van der Waals surface area contributed by atoms with Crippen molar-refractivity contribution in [2.24, 2.45) is 5.16 Å². The van der Waals surface area contributed by atoms with Gasteiger partial charge in [-0.2, -0.15) is 0 Å². The molecule has 0 unspecified atom stereocenters. The van der Waals surface area contributed by atoms with Crippen LogP contribution in [0.1, 0.15) is 40.9 Å². The first kappa shape index (κ1) is 16.0. The van der Waals surface area contributed by atoms with Crippen LogP contribution >= 0.6 is 0 Å². The number of fused-ring (bicyclic) bond motifs is 1. The van der Waals surface area contributed by atoms with Gasteiger partial charge in [-0.15, -0.1) is 0 Å². The van der Waals surface area contributed by atoms with Crippen LogP contribution in [0.5, 0.6) is 0 Å². The van der Waals surface area contributed by atoms with Crippen molar-refractivity contribution in [3.63, 3.8) is 0 Å². The SMILES string of the molecule is CC1(C)Cc2cc(/C=N/O)ccc2/C(=C/C(=O)c2ccccc2)N1. The molecule has 2 aromatic rings. The molecule has 0 bridgehead atoms. The number of oxime groups is 1. The van der Waals surface area contributed by atoms with Gasteiger partial charge in [-0.05, 0) is 37.5 Å². The summed E-state index contributed by atoms with van der Waals surface area (Å²) in [7, 11) is 0. The van der Waals surface area contributed by atoms with Crippen molar-refractivity contribution in [2.75, 3.05) is 0 Å². The Kier molecular flexibility index (Phi) is 4.21. The average molecular weight is 320 g/mol. The number of rotatable bonds is 3. The molecule has 0 saturated heterocycles. The number of carbonyl (C=O) groups excluding carboxylic acids is 1. The second kappa shape index (κ2) is 6.32. The number of benzene rings is 2. The molecule has 1 heterocycles. The van der Waals surface area contributed by atoms with Crippen molar-refractivity contribution in [3.8, 4) is 0 Å². The fraction of sp³-hybridized carbons (Fsp3) is 0.200. The summed E-state index contributed by atoms with van der Waals surface area (Å²) in [4.78, 5) is 12.5. The molecule has 0 amide bonds. The molecule has 0 aromatic heterocycles. The van der Waals surface area contributed by atoms with Crippen molar-refractivity contribution in [2.45, 2.75) is 25.8 Å². The van der Waals surface area contributed by atoms with E-state index in [1.54, 1.807) is 6.08 Å². The molecular weight excluding hydrogens is 300 g/mol. The van der Waals surface area contributed by atoms with Crippen molar-refractivity contribution >= 4 is 17.7 Å². The summed E-state index contributed by atoms with van der Waals surface area (Å²) in [6.07, 6.45) is 3.90. The molecule has 24 heavy (non-hydrogen) atoms. The number of nitrogens with one attached hydrogen (secondary N) is 1. The van der Waals surface area contributed by atoms with Gasteiger partial charge in [-0.1, -0.05) is 47.6 Å². The summed E-state index contributed by atoms with van der Waals surface area (Å²) >= 11 is 0. The van der Waals surface area contributed by atoms with Crippen LogP contribution in [0.2, 0.25) is 0 Å². The molecule has 0 radical (unpaired) electrons. The van der Waals surface area contributed by atoms with E-state index in [0.29, 0.717) is 5.56 Å². The van der Waals surface area contributed by atoms with E-state index in [9.17, 15) is 4.79 Å². The van der Waals surface area contributed by atoms with E-state index in [-0.39, 0.29) is 11.3 Å². The van der Waals surface area contributed by atoms with Crippen LogP contribution in [0.4, 0.5) is 0 Å². The van der Waals surface area contributed by atoms with Gasteiger partial charge >= 0.3 is 0 Å². The lowest BCUT2D eigenvalue weighted by Gasteiger charge is -2.35. The highest BCUT2D eigenvalue weighted by atomic mass is 16.4. The molecule has 0 fully saturated rings. The topological polar surface area (TPSA) is 61.7 Å². The van der Waals surface area contributed by atoms with Crippen molar-refractivity contribution < 1.29 is 10.0 Å². The van der Waals surface area contributed by atoms with Gasteiger partial charge in [-0.3, -0.25) is 4.79 Å². The van der Waals surface area contributed by atoms with Gasteiger partial charge in [0, 0.05) is 28.4 Å². The van der Waals surface area contributed by atoms with Crippen LogP contribution in [-0.4, -0.2) is 22.7 Å². The van der Waals surface area contributed by atoms with Gasteiger partial charge in [0.1, 0.15) is 0 Å². The third-order valence-electron chi connectivity index (χ3n) is 4.07. The normalized spacial score (nSPS) is 17.5. The summed E-state index contributed by atoms with van der Waals surface area (Å²) in [5, 5.41) is 15.3. The maximum Gasteiger partial charge on any atom is 0.187 e. The van der Waals surface area contributed by atoms with Crippen LogP contribution in [-0.2, 0) is 6.42 Å². The number of carbonyl (C=O) groups is 1. The van der Waals surface area contributed by atoms with E-state index in [1.807, 2.05) is 48.5 Å². The Morgan fingerprint density at radius 1 is 1.21 bits per heavy atom. The smallest absolute Gasteiger partial charge is 0.187 e. The lowest BCUT2D eigenvalue weighted by molar-refractivity contribution is 0.104. The molecule has 4 nitrogen and oxygen atoms in total. The minimum absolute atomic E-state index is 0.0252. The molecule has 1 aliphatic heterocycles. The number of hydrogen-bond donors (Lipinski definition) is 2. The highest BCUT2D eigenvalue weighted by Crippen LogP contribution is 2.30. The largest absolute Gasteiger partial charge is 0.411 e. The zero-order chi connectivity index (χ0) is 17.2. The molecule has 2 aromatic carbocycles. The minimum Gasteiger partial charge on any atom is -0.411 e. The van der Waals surface area contributed by atoms with Crippen LogP contribution in [0.25, 0.3) is 5.70 Å². The third-order valence-corrected chi connectivity index (χ3v) is 4.07. The molecule has 0 aliphatic carbocycles. The van der Waals surface area contributed by atoms with Crippen molar-refractivity contribution in [1.29, 1.82) is 0 Å². The Bertz CT molecular complexity index is 821. The van der Waals surface area contributed by atoms with E-state index < -0.39 is 0 Å². The van der Waals surface area contributed by atoms with E-state index in [1.165, 1.54) is 6.21 Å². The molecule has 1 aliphatic rings. The fourth-order valence-corrected chi connectivity index (χ4v) is 3.05. The van der Waals surface area contributed by atoms with Crippen LogP contribution in [0, 0.1) is 0 Å². The number of ketones is 1. The van der Waals surface area contributed by atoms with Crippen LogP contribution < -0.4 is 5.32 Å². The summed E-state index contributed by atoms with van der Waals surface area (Å²) in [5.41, 5.74) is 4.30. The van der Waals surface area contributed by atoms with E-state index >= 15 is 0 Å². The number of hydrogen-bond acceptors (Lipinski definition) is 4. The molecule has 0 atom stereocenters. The Morgan fingerprint density at radius 3 is 2.67 bits per heavy atom. The Balaban J connectivity index is 2.03. The first-order valence-corrected chi connectivity index (χ1v) is 7.88. The average Bonchev–Trinajstić information content (AvgIpc) is 2.54. The van der Waals surface area contributed by atoms with Crippen LogP contribution in [0.15, 0.2) is 59.8 Å². The molecule has 4 heteroatoms. The quantitative estimate of drug-likeness (QED) is 0.298. The molecule has 122 valence electrons. The monoisotopic (exact) mass is 320 g/mol. The Morgan fingerprint density at radius 2 is 1.96 bits per heavy atom. The van der Waals surface area contributed by atoms with E-state index in [2.05, 4.69) is 24.3 Å². The van der Waals surface area contributed by atoms with Gasteiger partial charge in [0.05, 0.1) is 6.21 Å². The highest BCUT2D eigenvalue weighted by Gasteiger charge is 2.28. The van der Waals surface area contributed by atoms with Crippen molar-refractivity contribution in [3.05, 3.63) is 76.9 Å². The van der Waals surface area contributed by atoms with Gasteiger partial charge in [0.25, 0.3) is 0 Å². The molecular formula is C20H20N2O2. The predicted molar refractivity (Wildman–Crippen MR) is 95.5 cm³/mol. The third kappa shape index (κ3) is 3.38. The van der Waals surface area contributed by atoms with Crippen LogP contribution in [0.3, 0.4) is 0 Å². The first-order valence-electron chi connectivity index (χ1n) is 7.88. The van der Waals surface area contributed by atoms with Gasteiger partial charge in [0.15, 0.2) is 5.78 Å².